The summed E-state index contributed by atoms with van der Waals surface area (Å²) in [6.07, 6.45) is 3.61. The number of tetrazole rings is 1. The molecule has 2 atom stereocenters. The second kappa shape index (κ2) is 11.1. The number of furan rings is 1. The monoisotopic (exact) mass is 544 g/mol. The van der Waals surface area contributed by atoms with Gasteiger partial charge in [0.1, 0.15) is 11.8 Å². The number of rotatable bonds is 9. The van der Waals surface area contributed by atoms with Crippen LogP contribution in [0.2, 0.25) is 5.02 Å². The van der Waals surface area contributed by atoms with Gasteiger partial charge >= 0.3 is 0 Å². The van der Waals surface area contributed by atoms with Gasteiger partial charge in [-0.3, -0.25) is 9.69 Å². The van der Waals surface area contributed by atoms with Gasteiger partial charge in [0.05, 0.1) is 25.5 Å². The number of aromatic amines is 1. The summed E-state index contributed by atoms with van der Waals surface area (Å²) in [4.78, 5) is 18.9. The zero-order valence-electron chi connectivity index (χ0n) is 21.6. The van der Waals surface area contributed by atoms with E-state index in [9.17, 15) is 4.79 Å². The first-order valence-corrected chi connectivity index (χ1v) is 13.4. The number of nitrogens with zero attached hydrogens (tertiary/aromatic N) is 5. The Bertz CT molecular complexity index is 1620. The average molecular weight is 545 g/mol. The van der Waals surface area contributed by atoms with Gasteiger partial charge in [0, 0.05) is 29.3 Å². The summed E-state index contributed by atoms with van der Waals surface area (Å²) in [5.41, 5.74) is 3.13. The Morgan fingerprint density at radius 3 is 2.85 bits per heavy atom. The molecule has 2 unspecified atom stereocenters. The molecular formula is C29H29ClN6O3. The topological polar surface area (TPSA) is 102 Å². The first-order chi connectivity index (χ1) is 19.0. The smallest absolute Gasteiger partial charge is 0.253 e. The van der Waals surface area contributed by atoms with Gasteiger partial charge in [-0.05, 0) is 77.5 Å². The first-order valence-electron chi connectivity index (χ1n) is 13.1. The van der Waals surface area contributed by atoms with Crippen molar-refractivity contribution >= 4 is 22.5 Å². The Hall–Kier alpha value is -3.79. The van der Waals surface area contributed by atoms with Crippen molar-refractivity contribution in [2.75, 3.05) is 6.61 Å². The Kier molecular flexibility index (Phi) is 7.28. The molecule has 0 aliphatic carbocycles. The quantitative estimate of drug-likeness (QED) is 0.277. The van der Waals surface area contributed by atoms with Crippen molar-refractivity contribution in [3.63, 3.8) is 0 Å². The lowest BCUT2D eigenvalue weighted by molar-refractivity contribution is 0.0901. The molecule has 1 fully saturated rings. The molecule has 0 radical (unpaired) electrons. The second-order valence-electron chi connectivity index (χ2n) is 9.98. The summed E-state index contributed by atoms with van der Waals surface area (Å²) < 4.78 is 13.4. The van der Waals surface area contributed by atoms with Crippen LogP contribution in [0.4, 0.5) is 0 Å². The lowest BCUT2D eigenvalue weighted by Crippen LogP contribution is -2.35. The lowest BCUT2D eigenvalue weighted by atomic mass is 10.0. The van der Waals surface area contributed by atoms with E-state index in [1.54, 1.807) is 10.9 Å². The number of nitrogens with one attached hydrogen (secondary N) is 1. The molecule has 3 aromatic heterocycles. The molecule has 0 spiro atoms. The van der Waals surface area contributed by atoms with Crippen molar-refractivity contribution in [1.82, 2.24) is 30.1 Å². The highest BCUT2D eigenvalue weighted by molar-refractivity contribution is 6.31. The fourth-order valence-corrected chi connectivity index (χ4v) is 5.45. The zero-order valence-corrected chi connectivity index (χ0v) is 22.3. The van der Waals surface area contributed by atoms with Crippen molar-refractivity contribution in [3.05, 3.63) is 111 Å². The molecule has 6 rings (SSSR count). The number of halogens is 1. The number of aryl methyl sites for hydroxylation is 1. The molecule has 5 aromatic rings. The molecule has 39 heavy (non-hydrogen) atoms. The van der Waals surface area contributed by atoms with Crippen LogP contribution in [0.1, 0.15) is 47.2 Å². The summed E-state index contributed by atoms with van der Waals surface area (Å²) >= 11 is 6.62. The molecule has 200 valence electrons. The van der Waals surface area contributed by atoms with Crippen LogP contribution in [0.3, 0.4) is 0 Å². The van der Waals surface area contributed by atoms with Crippen molar-refractivity contribution in [2.24, 2.45) is 0 Å². The maximum Gasteiger partial charge on any atom is 0.253 e. The Morgan fingerprint density at radius 1 is 1.15 bits per heavy atom. The van der Waals surface area contributed by atoms with Gasteiger partial charge in [0.2, 0.25) is 0 Å². The predicted molar refractivity (Wildman–Crippen MR) is 147 cm³/mol. The fraction of sp³-hybridized carbons (Fsp3) is 0.310. The number of ether oxygens (including phenoxy) is 1. The number of aromatic nitrogens is 5. The molecule has 1 aliphatic heterocycles. The van der Waals surface area contributed by atoms with E-state index in [4.69, 9.17) is 20.8 Å². The van der Waals surface area contributed by atoms with Gasteiger partial charge in [-0.1, -0.05) is 41.4 Å². The van der Waals surface area contributed by atoms with Gasteiger partial charge in [0.25, 0.3) is 5.56 Å². The van der Waals surface area contributed by atoms with Gasteiger partial charge in [-0.15, -0.1) is 5.10 Å². The van der Waals surface area contributed by atoms with Crippen LogP contribution in [0.25, 0.3) is 10.9 Å². The van der Waals surface area contributed by atoms with E-state index in [1.165, 1.54) is 0 Å². The lowest BCUT2D eigenvalue weighted by Gasteiger charge is -2.31. The molecule has 10 heteroatoms. The summed E-state index contributed by atoms with van der Waals surface area (Å²) in [5.74, 6) is 1.31. The zero-order chi connectivity index (χ0) is 26.8. The van der Waals surface area contributed by atoms with Crippen molar-refractivity contribution < 1.29 is 9.15 Å². The van der Waals surface area contributed by atoms with Gasteiger partial charge < -0.3 is 14.1 Å². The first kappa shape index (κ1) is 25.5. The maximum atomic E-state index is 13.7. The van der Waals surface area contributed by atoms with Crippen LogP contribution >= 0.6 is 11.6 Å². The number of hydrogen-bond donors (Lipinski definition) is 1. The maximum absolute atomic E-state index is 13.7. The normalized spacial score (nSPS) is 16.3. The van der Waals surface area contributed by atoms with E-state index in [0.29, 0.717) is 36.0 Å². The molecule has 0 amide bonds. The van der Waals surface area contributed by atoms with Crippen LogP contribution < -0.4 is 5.56 Å². The summed E-state index contributed by atoms with van der Waals surface area (Å²) in [6, 6.07) is 18.8. The standard InChI is InChI=1S/C29H29ClN6O3/c1-19-10-11-26-21(14-19)15-24(29(37)31-26)27(28-32-33-34-36(28)18-23-8-5-13-39-23)35(17-22-7-4-12-38-22)16-20-6-2-3-9-25(20)30/h2-4,6-7,9-12,14-15,23,27H,5,8,13,16-18H2,1H3,(H,31,37). The third-order valence-electron chi connectivity index (χ3n) is 7.16. The van der Waals surface area contributed by atoms with E-state index in [2.05, 4.69) is 31.5 Å². The largest absolute Gasteiger partial charge is 0.468 e. The summed E-state index contributed by atoms with van der Waals surface area (Å²) in [6.45, 7) is 4.10. The summed E-state index contributed by atoms with van der Waals surface area (Å²) in [5, 5.41) is 14.4. The van der Waals surface area contributed by atoms with E-state index < -0.39 is 6.04 Å². The molecular weight excluding hydrogens is 516 g/mol. The van der Waals surface area contributed by atoms with Crippen molar-refractivity contribution in [1.29, 1.82) is 0 Å². The molecule has 1 saturated heterocycles. The SMILES string of the molecule is Cc1ccc2[nH]c(=O)c(C(c3nnnn3CC3CCCO3)N(Cc3ccco3)Cc3ccccc3Cl)cc2c1. The van der Waals surface area contributed by atoms with E-state index in [-0.39, 0.29) is 11.7 Å². The van der Waals surface area contributed by atoms with Crippen LogP contribution in [-0.2, 0) is 24.4 Å². The van der Waals surface area contributed by atoms with E-state index in [1.807, 2.05) is 61.5 Å². The minimum absolute atomic E-state index is 0.0209. The summed E-state index contributed by atoms with van der Waals surface area (Å²) in [7, 11) is 0. The Morgan fingerprint density at radius 2 is 2.05 bits per heavy atom. The molecule has 0 saturated carbocycles. The highest BCUT2D eigenvalue weighted by atomic mass is 35.5. The van der Waals surface area contributed by atoms with Crippen molar-refractivity contribution in [3.8, 4) is 0 Å². The fourth-order valence-electron chi connectivity index (χ4n) is 5.25. The predicted octanol–water partition coefficient (Wildman–Crippen LogP) is 5.04. The molecule has 1 N–H and O–H groups in total. The van der Waals surface area contributed by atoms with Crippen molar-refractivity contribution in [2.45, 2.75) is 51.5 Å². The van der Waals surface area contributed by atoms with E-state index >= 15 is 0 Å². The van der Waals surface area contributed by atoms with Gasteiger partial charge in [-0.25, -0.2) is 4.68 Å². The third-order valence-corrected chi connectivity index (χ3v) is 7.53. The number of H-pyrrole nitrogens is 1. The van der Waals surface area contributed by atoms with Crippen LogP contribution in [-0.4, -0.2) is 42.8 Å². The highest BCUT2D eigenvalue weighted by Crippen LogP contribution is 2.32. The Labute approximate surface area is 230 Å². The van der Waals surface area contributed by atoms with Gasteiger partial charge in [0.15, 0.2) is 5.82 Å². The van der Waals surface area contributed by atoms with Crippen LogP contribution in [0, 0.1) is 6.92 Å². The number of fused-ring (bicyclic) bond motifs is 1. The number of pyridine rings is 1. The number of benzene rings is 2. The molecule has 0 bridgehead atoms. The highest BCUT2D eigenvalue weighted by Gasteiger charge is 2.32. The minimum atomic E-state index is -0.601. The van der Waals surface area contributed by atoms with E-state index in [0.717, 1.165) is 47.2 Å². The second-order valence-corrected chi connectivity index (χ2v) is 10.4. The van der Waals surface area contributed by atoms with Gasteiger partial charge in [-0.2, -0.15) is 0 Å². The minimum Gasteiger partial charge on any atom is -0.468 e. The molecule has 1 aliphatic rings. The number of hydrogen-bond acceptors (Lipinski definition) is 7. The Balaban J connectivity index is 1.51. The third kappa shape index (κ3) is 5.52. The molecule has 9 nitrogen and oxygen atoms in total. The molecule has 4 heterocycles. The van der Waals surface area contributed by atoms with Crippen LogP contribution in [0.5, 0.6) is 0 Å². The molecule has 2 aromatic carbocycles. The van der Waals surface area contributed by atoms with Crippen LogP contribution in [0.15, 0.2) is 76.1 Å². The average Bonchev–Trinajstić information content (AvgIpc) is 3.71.